The Kier molecular flexibility index (Phi) is 2.83. The van der Waals surface area contributed by atoms with Gasteiger partial charge in [0.15, 0.2) is 5.15 Å². The largest absolute Gasteiger partial charge is 0.268 e. The van der Waals surface area contributed by atoms with Gasteiger partial charge < -0.3 is 0 Å². The topological polar surface area (TPSA) is 17.8 Å². The number of hydrogen-bond acceptors (Lipinski definition) is 1. The molecule has 1 aromatic rings. The van der Waals surface area contributed by atoms with Gasteiger partial charge >= 0.3 is 0 Å². The first-order chi connectivity index (χ1) is 6.22. The Morgan fingerprint density at radius 3 is 3.15 bits per heavy atom. The molecular weight excluding hydrogens is 298 g/mol. The van der Waals surface area contributed by atoms with Crippen molar-refractivity contribution in [1.82, 2.24) is 9.78 Å². The van der Waals surface area contributed by atoms with Gasteiger partial charge in [-0.15, -0.1) is 0 Å². The second-order valence-corrected chi connectivity index (χ2v) is 5.49. The maximum Gasteiger partial charge on any atom is 0.154 e. The van der Waals surface area contributed by atoms with E-state index in [4.69, 9.17) is 11.6 Å². The summed E-state index contributed by atoms with van der Waals surface area (Å²) in [6.07, 6.45) is 3.49. The molecule has 0 amide bonds. The molecule has 0 spiro atoms. The van der Waals surface area contributed by atoms with E-state index in [1.165, 1.54) is 17.7 Å². The van der Waals surface area contributed by atoms with Crippen molar-refractivity contribution in [2.45, 2.75) is 36.7 Å². The fraction of sp³-hybridized carbons (Fsp3) is 0.667. The average Bonchev–Trinajstić information content (AvgIpc) is 2.43. The highest BCUT2D eigenvalue weighted by Crippen LogP contribution is 2.30. The number of fused-ring (bicyclic) bond motifs is 1. The number of alkyl halides is 1. The predicted molar refractivity (Wildman–Crippen MR) is 62.7 cm³/mol. The van der Waals surface area contributed by atoms with Crippen LogP contribution in [0.2, 0.25) is 5.15 Å². The first-order valence-corrected chi connectivity index (χ1v) is 6.22. The van der Waals surface area contributed by atoms with Crippen LogP contribution in [0.1, 0.15) is 24.6 Å². The smallest absolute Gasteiger partial charge is 0.154 e. The van der Waals surface area contributed by atoms with Gasteiger partial charge in [0.1, 0.15) is 0 Å². The summed E-state index contributed by atoms with van der Waals surface area (Å²) in [6, 6.07) is 0. The van der Waals surface area contributed by atoms with E-state index in [-0.39, 0.29) is 0 Å². The molecule has 1 aliphatic rings. The highest BCUT2D eigenvalue weighted by molar-refractivity contribution is 14.1. The molecule has 1 heterocycles. The molecule has 2 rings (SSSR count). The van der Waals surface area contributed by atoms with E-state index in [1.807, 2.05) is 4.68 Å². The van der Waals surface area contributed by atoms with E-state index in [0.29, 0.717) is 0 Å². The average molecular weight is 311 g/mol. The third kappa shape index (κ3) is 1.73. The van der Waals surface area contributed by atoms with Crippen LogP contribution >= 0.6 is 34.2 Å². The van der Waals surface area contributed by atoms with E-state index >= 15 is 0 Å². The molecule has 0 saturated heterocycles. The van der Waals surface area contributed by atoms with Crippen LogP contribution < -0.4 is 0 Å². The fourth-order valence-corrected chi connectivity index (χ4v) is 2.89. The third-order valence-corrected chi connectivity index (χ3v) is 3.90. The number of rotatable bonds is 1. The minimum Gasteiger partial charge on any atom is -0.268 e. The third-order valence-electron chi connectivity index (χ3n) is 2.54. The molecule has 0 fully saturated rings. The highest BCUT2D eigenvalue weighted by Gasteiger charge is 2.23. The van der Waals surface area contributed by atoms with Crippen LogP contribution in [0.5, 0.6) is 0 Å². The second kappa shape index (κ2) is 3.77. The van der Waals surface area contributed by atoms with E-state index in [0.717, 1.165) is 28.5 Å². The van der Waals surface area contributed by atoms with Crippen molar-refractivity contribution < 1.29 is 0 Å². The molecule has 2 nitrogen and oxygen atoms in total. The summed E-state index contributed by atoms with van der Waals surface area (Å²) in [5.41, 5.74) is 2.65. The van der Waals surface area contributed by atoms with Crippen LogP contribution in [0.4, 0.5) is 0 Å². The molecule has 13 heavy (non-hydrogen) atoms. The molecule has 4 heteroatoms. The lowest BCUT2D eigenvalue weighted by molar-refractivity contribution is 0.591. The second-order valence-electron chi connectivity index (χ2n) is 3.37. The van der Waals surface area contributed by atoms with Gasteiger partial charge in [-0.1, -0.05) is 34.2 Å². The lowest BCUT2D eigenvalue weighted by Gasteiger charge is -2.17. The molecule has 72 valence electrons. The van der Waals surface area contributed by atoms with Crippen molar-refractivity contribution in [3.8, 4) is 0 Å². The monoisotopic (exact) mass is 310 g/mol. The van der Waals surface area contributed by atoms with Gasteiger partial charge in [-0.25, -0.2) is 0 Å². The summed E-state index contributed by atoms with van der Waals surface area (Å²) in [6.45, 7) is 3.04. The van der Waals surface area contributed by atoms with Crippen molar-refractivity contribution in [1.29, 1.82) is 0 Å². The lowest BCUT2D eigenvalue weighted by Crippen LogP contribution is -2.15. The van der Waals surface area contributed by atoms with Gasteiger partial charge in [-0.3, -0.25) is 4.68 Å². The standard InChI is InChI=1S/C9H12ClIN2/c1-2-13-8-4-3-6(11)5-7(8)9(10)12-13/h6H,2-5H2,1H3. The van der Waals surface area contributed by atoms with E-state index in [1.54, 1.807) is 0 Å². The molecule has 0 N–H and O–H groups in total. The minimum atomic E-state index is 0.721. The summed E-state index contributed by atoms with van der Waals surface area (Å²) in [7, 11) is 0. The zero-order valence-corrected chi connectivity index (χ0v) is 10.5. The SMILES string of the molecule is CCn1nc(Cl)c2c1CCC(I)C2. The molecular formula is C9H12ClIN2. The van der Waals surface area contributed by atoms with Gasteiger partial charge in [-0.05, 0) is 26.2 Å². The van der Waals surface area contributed by atoms with Gasteiger partial charge in [0, 0.05) is 21.7 Å². The van der Waals surface area contributed by atoms with Crippen molar-refractivity contribution in [3.63, 3.8) is 0 Å². The van der Waals surface area contributed by atoms with E-state index in [9.17, 15) is 0 Å². The van der Waals surface area contributed by atoms with Gasteiger partial charge in [0.25, 0.3) is 0 Å². The normalized spacial score (nSPS) is 21.6. The van der Waals surface area contributed by atoms with E-state index < -0.39 is 0 Å². The van der Waals surface area contributed by atoms with Crippen molar-refractivity contribution in [3.05, 3.63) is 16.4 Å². The van der Waals surface area contributed by atoms with Crippen LogP contribution in [0.25, 0.3) is 0 Å². The lowest BCUT2D eigenvalue weighted by atomic mass is 9.98. The summed E-state index contributed by atoms with van der Waals surface area (Å²) in [5.74, 6) is 0. The van der Waals surface area contributed by atoms with Crippen molar-refractivity contribution in [2.24, 2.45) is 0 Å². The Hall–Kier alpha value is 0.230. The Morgan fingerprint density at radius 1 is 1.69 bits per heavy atom. The number of nitrogens with zero attached hydrogens (tertiary/aromatic N) is 2. The summed E-state index contributed by atoms with van der Waals surface area (Å²) >= 11 is 8.57. The van der Waals surface area contributed by atoms with Crippen LogP contribution in [0.15, 0.2) is 0 Å². The number of aryl methyl sites for hydroxylation is 1. The Morgan fingerprint density at radius 2 is 2.46 bits per heavy atom. The van der Waals surface area contributed by atoms with Crippen LogP contribution in [0, 0.1) is 0 Å². The molecule has 0 aliphatic heterocycles. The summed E-state index contributed by atoms with van der Waals surface area (Å²) in [4.78, 5) is 0. The molecule has 0 bridgehead atoms. The van der Waals surface area contributed by atoms with Gasteiger partial charge in [0.2, 0.25) is 0 Å². The van der Waals surface area contributed by atoms with Crippen LogP contribution in [0.3, 0.4) is 0 Å². The Bertz CT molecular complexity index is 322. The molecule has 1 aromatic heterocycles. The van der Waals surface area contributed by atoms with Gasteiger partial charge in [-0.2, -0.15) is 5.10 Å². The molecule has 0 aromatic carbocycles. The first kappa shape index (κ1) is 9.77. The van der Waals surface area contributed by atoms with E-state index in [2.05, 4.69) is 34.6 Å². The van der Waals surface area contributed by atoms with Crippen molar-refractivity contribution in [2.75, 3.05) is 0 Å². The summed E-state index contributed by atoms with van der Waals surface area (Å²) < 4.78 is 2.78. The quantitative estimate of drug-likeness (QED) is 0.576. The predicted octanol–water partition coefficient (Wildman–Crippen LogP) is 2.85. The molecule has 0 saturated carbocycles. The van der Waals surface area contributed by atoms with Crippen LogP contribution in [-0.2, 0) is 19.4 Å². The molecule has 1 aliphatic carbocycles. The molecule has 1 unspecified atom stereocenters. The maximum absolute atomic E-state index is 6.07. The molecule has 0 radical (unpaired) electrons. The fourth-order valence-electron chi connectivity index (χ4n) is 1.86. The number of hydrogen-bond donors (Lipinski definition) is 0. The molecule has 1 atom stereocenters. The summed E-state index contributed by atoms with van der Waals surface area (Å²) in [5, 5.41) is 5.04. The first-order valence-electron chi connectivity index (χ1n) is 4.60. The highest BCUT2D eigenvalue weighted by atomic mass is 127. The van der Waals surface area contributed by atoms with Crippen LogP contribution in [-0.4, -0.2) is 13.7 Å². The zero-order valence-electron chi connectivity index (χ0n) is 7.56. The zero-order chi connectivity index (χ0) is 9.42. The number of halogens is 2. The minimum absolute atomic E-state index is 0.721. The Labute approximate surface area is 96.8 Å². The number of aromatic nitrogens is 2. The Balaban J connectivity index is 2.42. The maximum atomic E-state index is 6.07. The van der Waals surface area contributed by atoms with Gasteiger partial charge in [0.05, 0.1) is 0 Å². The van der Waals surface area contributed by atoms with Crippen molar-refractivity contribution >= 4 is 34.2 Å².